The second kappa shape index (κ2) is 7.79. The second-order valence-corrected chi connectivity index (χ2v) is 6.77. The van der Waals surface area contributed by atoms with Crippen molar-refractivity contribution < 1.29 is 14.1 Å². The Morgan fingerprint density at radius 2 is 1.74 bits per heavy atom. The van der Waals surface area contributed by atoms with Crippen LogP contribution in [0.15, 0.2) is 71.5 Å². The summed E-state index contributed by atoms with van der Waals surface area (Å²) in [5.74, 6) is -0.459. The van der Waals surface area contributed by atoms with Gasteiger partial charge in [0.2, 0.25) is 0 Å². The summed E-state index contributed by atoms with van der Waals surface area (Å²) in [7, 11) is 0. The highest BCUT2D eigenvalue weighted by molar-refractivity contribution is 6.05. The van der Waals surface area contributed by atoms with Crippen molar-refractivity contribution in [2.24, 2.45) is 0 Å². The van der Waals surface area contributed by atoms with E-state index in [0.29, 0.717) is 22.7 Å². The van der Waals surface area contributed by atoms with Crippen LogP contribution in [0.2, 0.25) is 0 Å². The van der Waals surface area contributed by atoms with E-state index < -0.39 is 16.6 Å². The zero-order valence-corrected chi connectivity index (χ0v) is 16.2. The standard InChI is InChI=1S/C22H15FN4O4/c1-13-24-20-11-6-16(25-21(28)14-2-7-18(8-3-14)27(30)31)12-19(20)22(29)26(13)17-9-4-15(23)5-10-17/h2-12H,1H3,(H,25,28). The summed E-state index contributed by atoms with van der Waals surface area (Å²) < 4.78 is 14.6. The van der Waals surface area contributed by atoms with Gasteiger partial charge in [-0.05, 0) is 61.5 Å². The number of nitrogens with zero attached hydrogens (tertiary/aromatic N) is 3. The van der Waals surface area contributed by atoms with Gasteiger partial charge in [0.1, 0.15) is 11.6 Å². The molecule has 0 aliphatic rings. The third-order valence-corrected chi connectivity index (χ3v) is 4.72. The predicted octanol–water partition coefficient (Wildman–Crippen LogP) is 3.99. The SMILES string of the molecule is Cc1nc2ccc(NC(=O)c3ccc([N+](=O)[O-])cc3)cc2c(=O)n1-c1ccc(F)cc1. The predicted molar refractivity (Wildman–Crippen MR) is 113 cm³/mol. The highest BCUT2D eigenvalue weighted by Crippen LogP contribution is 2.19. The van der Waals surface area contributed by atoms with Gasteiger partial charge >= 0.3 is 0 Å². The molecule has 8 nitrogen and oxygen atoms in total. The number of halogens is 1. The van der Waals surface area contributed by atoms with E-state index >= 15 is 0 Å². The van der Waals surface area contributed by atoms with E-state index in [2.05, 4.69) is 10.3 Å². The smallest absolute Gasteiger partial charge is 0.269 e. The third-order valence-electron chi connectivity index (χ3n) is 4.72. The molecule has 1 heterocycles. The summed E-state index contributed by atoms with van der Waals surface area (Å²) in [4.78, 5) is 40.2. The number of benzene rings is 3. The number of hydrogen-bond donors (Lipinski definition) is 1. The van der Waals surface area contributed by atoms with Crippen molar-refractivity contribution >= 4 is 28.2 Å². The summed E-state index contributed by atoms with van der Waals surface area (Å²) >= 11 is 0. The minimum Gasteiger partial charge on any atom is -0.322 e. The Morgan fingerprint density at radius 1 is 1.06 bits per heavy atom. The van der Waals surface area contributed by atoms with Gasteiger partial charge in [0.15, 0.2) is 0 Å². The Morgan fingerprint density at radius 3 is 2.39 bits per heavy atom. The maximum atomic E-state index is 13.3. The van der Waals surface area contributed by atoms with Gasteiger partial charge in [0, 0.05) is 23.4 Å². The number of carbonyl (C=O) groups excluding carboxylic acids is 1. The van der Waals surface area contributed by atoms with Crippen molar-refractivity contribution in [3.05, 3.63) is 104 Å². The van der Waals surface area contributed by atoms with E-state index in [9.17, 15) is 24.1 Å². The normalized spacial score (nSPS) is 10.8. The number of nitrogens with one attached hydrogen (secondary N) is 1. The molecular formula is C22H15FN4O4. The van der Waals surface area contributed by atoms with E-state index in [1.54, 1.807) is 19.1 Å². The van der Waals surface area contributed by atoms with Gasteiger partial charge in [-0.1, -0.05) is 0 Å². The molecule has 0 aliphatic heterocycles. The number of non-ortho nitro benzene ring substituents is 1. The molecule has 4 aromatic rings. The van der Waals surface area contributed by atoms with Crippen LogP contribution >= 0.6 is 0 Å². The van der Waals surface area contributed by atoms with E-state index in [1.807, 2.05) is 0 Å². The molecule has 4 rings (SSSR count). The Balaban J connectivity index is 1.70. The summed E-state index contributed by atoms with van der Waals surface area (Å²) in [6, 6.07) is 15.4. The molecule has 0 saturated heterocycles. The maximum absolute atomic E-state index is 13.3. The zero-order chi connectivity index (χ0) is 22.1. The Labute approximate surface area is 174 Å². The van der Waals surface area contributed by atoms with Crippen LogP contribution in [0.3, 0.4) is 0 Å². The first kappa shape index (κ1) is 19.9. The van der Waals surface area contributed by atoms with Gasteiger partial charge in [0.25, 0.3) is 17.2 Å². The number of rotatable bonds is 4. The lowest BCUT2D eigenvalue weighted by Gasteiger charge is -2.12. The summed E-state index contributed by atoms with van der Waals surface area (Å²) in [6.07, 6.45) is 0. The summed E-state index contributed by atoms with van der Waals surface area (Å²) in [5.41, 5.74) is 1.04. The number of carbonyl (C=O) groups is 1. The van der Waals surface area contributed by atoms with Gasteiger partial charge in [-0.2, -0.15) is 0 Å². The van der Waals surface area contributed by atoms with Crippen molar-refractivity contribution in [3.63, 3.8) is 0 Å². The largest absolute Gasteiger partial charge is 0.322 e. The minimum absolute atomic E-state index is 0.120. The van der Waals surface area contributed by atoms with Gasteiger partial charge in [-0.3, -0.25) is 24.3 Å². The lowest BCUT2D eigenvalue weighted by atomic mass is 10.1. The summed E-state index contributed by atoms with van der Waals surface area (Å²) in [6.45, 7) is 1.68. The lowest BCUT2D eigenvalue weighted by Crippen LogP contribution is -2.22. The molecule has 1 amide bonds. The number of fused-ring (bicyclic) bond motifs is 1. The topological polar surface area (TPSA) is 107 Å². The lowest BCUT2D eigenvalue weighted by molar-refractivity contribution is -0.384. The van der Waals surface area contributed by atoms with Crippen molar-refractivity contribution in [2.45, 2.75) is 6.92 Å². The van der Waals surface area contributed by atoms with Gasteiger partial charge in [0.05, 0.1) is 21.5 Å². The van der Waals surface area contributed by atoms with Crippen LogP contribution in [0.5, 0.6) is 0 Å². The number of amides is 1. The molecule has 0 fully saturated rings. The van der Waals surface area contributed by atoms with Gasteiger partial charge in [-0.15, -0.1) is 0 Å². The molecule has 31 heavy (non-hydrogen) atoms. The Bertz CT molecular complexity index is 1380. The zero-order valence-electron chi connectivity index (χ0n) is 16.2. The molecule has 9 heteroatoms. The van der Waals surface area contributed by atoms with Crippen LogP contribution < -0.4 is 10.9 Å². The van der Waals surface area contributed by atoms with E-state index in [0.717, 1.165) is 0 Å². The number of hydrogen-bond acceptors (Lipinski definition) is 5. The number of nitro benzene ring substituents is 1. The molecule has 3 aromatic carbocycles. The highest BCUT2D eigenvalue weighted by atomic mass is 19.1. The van der Waals surface area contributed by atoms with Crippen molar-refractivity contribution in [2.75, 3.05) is 5.32 Å². The quantitative estimate of drug-likeness (QED) is 0.398. The fourth-order valence-electron chi connectivity index (χ4n) is 3.21. The molecule has 0 atom stereocenters. The first-order valence-corrected chi connectivity index (χ1v) is 9.18. The van der Waals surface area contributed by atoms with Crippen LogP contribution in [-0.2, 0) is 0 Å². The number of nitro groups is 1. The molecule has 0 saturated carbocycles. The minimum atomic E-state index is -0.549. The van der Waals surface area contributed by atoms with Crippen LogP contribution in [0.25, 0.3) is 16.6 Å². The van der Waals surface area contributed by atoms with Crippen LogP contribution in [0.1, 0.15) is 16.2 Å². The molecule has 0 radical (unpaired) electrons. The first-order chi connectivity index (χ1) is 14.8. The number of aromatic nitrogens is 2. The van der Waals surface area contributed by atoms with Crippen molar-refractivity contribution in [1.82, 2.24) is 9.55 Å². The first-order valence-electron chi connectivity index (χ1n) is 9.18. The number of anilines is 1. The van der Waals surface area contributed by atoms with E-state index in [-0.39, 0.29) is 22.2 Å². The fourth-order valence-corrected chi connectivity index (χ4v) is 3.21. The molecule has 154 valence electrons. The third kappa shape index (κ3) is 3.88. The molecule has 0 bridgehead atoms. The van der Waals surface area contributed by atoms with Crippen LogP contribution in [-0.4, -0.2) is 20.4 Å². The number of aryl methyl sites for hydroxylation is 1. The van der Waals surface area contributed by atoms with Gasteiger partial charge in [-0.25, -0.2) is 9.37 Å². The highest BCUT2D eigenvalue weighted by Gasteiger charge is 2.13. The average molecular weight is 418 g/mol. The Hall–Kier alpha value is -4.40. The molecular weight excluding hydrogens is 403 g/mol. The molecule has 0 aliphatic carbocycles. The summed E-state index contributed by atoms with van der Waals surface area (Å²) in [5, 5.41) is 13.7. The van der Waals surface area contributed by atoms with Crippen LogP contribution in [0, 0.1) is 22.9 Å². The van der Waals surface area contributed by atoms with Crippen molar-refractivity contribution in [3.8, 4) is 5.69 Å². The van der Waals surface area contributed by atoms with Crippen molar-refractivity contribution in [1.29, 1.82) is 0 Å². The monoisotopic (exact) mass is 418 g/mol. The molecule has 1 aromatic heterocycles. The fraction of sp³-hybridized carbons (Fsp3) is 0.0455. The molecule has 0 spiro atoms. The average Bonchev–Trinajstić information content (AvgIpc) is 2.75. The maximum Gasteiger partial charge on any atom is 0.269 e. The van der Waals surface area contributed by atoms with E-state index in [1.165, 1.54) is 59.2 Å². The molecule has 0 unspecified atom stereocenters. The molecule has 1 N–H and O–H groups in total. The van der Waals surface area contributed by atoms with Gasteiger partial charge < -0.3 is 5.32 Å². The Kier molecular flexibility index (Phi) is 5.00. The second-order valence-electron chi connectivity index (χ2n) is 6.77. The van der Waals surface area contributed by atoms with E-state index in [4.69, 9.17) is 0 Å². The van der Waals surface area contributed by atoms with Crippen LogP contribution in [0.4, 0.5) is 15.8 Å².